The van der Waals surface area contributed by atoms with Crippen LogP contribution in [0.3, 0.4) is 0 Å². The maximum absolute atomic E-state index is 3.57. The second-order valence-corrected chi connectivity index (χ2v) is 39.0. The summed E-state index contributed by atoms with van der Waals surface area (Å²) in [7, 11) is -9.89. The molecule has 0 spiro atoms. The van der Waals surface area contributed by atoms with E-state index < -0.39 is 24.2 Å². The minimum Gasteiger partial charge on any atom is -0.311 e. The summed E-state index contributed by atoms with van der Waals surface area (Å²) in [4.78, 5) is 2.74. The number of para-hydroxylation sites is 7. The molecule has 2 aliphatic heterocycles. The molecule has 103 heavy (non-hydrogen) atoms. The van der Waals surface area contributed by atoms with Crippen molar-refractivity contribution in [1.82, 2.24) is 13.7 Å². The third kappa shape index (κ3) is 8.38. The van der Waals surface area contributed by atoms with E-state index in [1.54, 1.807) is 0 Å². The summed E-state index contributed by atoms with van der Waals surface area (Å²) in [5, 5.41) is 23.6. The van der Waals surface area contributed by atoms with E-state index in [0.29, 0.717) is 0 Å². The third-order valence-corrected chi connectivity index (χ3v) is 37.3. The van der Waals surface area contributed by atoms with Crippen molar-refractivity contribution in [3.8, 4) is 17.1 Å². The first-order chi connectivity index (χ1) is 51.1. The van der Waals surface area contributed by atoms with Crippen molar-refractivity contribution in [3.05, 3.63) is 400 Å². The lowest BCUT2D eigenvalue weighted by Crippen LogP contribution is -2.82. The zero-order valence-corrected chi connectivity index (χ0v) is 59.4. The molecule has 0 N–H and O–H groups in total. The molecular weight excluding hydrogens is 1290 g/mol. The van der Waals surface area contributed by atoms with Gasteiger partial charge in [0.1, 0.15) is 0 Å². The molecule has 4 nitrogen and oxygen atoms in total. The summed E-state index contributed by atoms with van der Waals surface area (Å²) in [5.41, 5.74) is 14.2. The Balaban J connectivity index is 0.880. The van der Waals surface area contributed by atoms with E-state index in [1.165, 1.54) is 145 Å². The second kappa shape index (κ2) is 23.2. The smallest absolute Gasteiger partial charge is 0.184 e. The molecule has 0 bridgehead atoms. The first-order valence-corrected chi connectivity index (χ1v) is 41.8. The molecular formula is C96H66N4Si3. The Bertz CT molecular complexity index is 6180. The molecule has 0 saturated heterocycles. The van der Waals surface area contributed by atoms with Crippen molar-refractivity contribution >= 4 is 169 Å². The van der Waals surface area contributed by atoms with Gasteiger partial charge in [-0.3, -0.25) is 0 Å². The van der Waals surface area contributed by atoms with Crippen LogP contribution in [0, 0.1) is 0 Å². The van der Waals surface area contributed by atoms with Crippen LogP contribution in [0.2, 0.25) is 0 Å². The minimum absolute atomic E-state index is 1.11. The fraction of sp³-hybridized carbons (Fsp3) is 0. The highest BCUT2D eigenvalue weighted by Gasteiger charge is 2.56. The molecule has 0 saturated carbocycles. The average Bonchev–Trinajstić information content (AvgIpc) is 1.52. The molecule has 7 heteroatoms. The highest BCUT2D eigenvalue weighted by Crippen LogP contribution is 2.44. The van der Waals surface area contributed by atoms with E-state index in [-0.39, 0.29) is 0 Å². The van der Waals surface area contributed by atoms with Crippen molar-refractivity contribution in [3.63, 3.8) is 0 Å². The normalized spacial score (nSPS) is 13.6. The maximum Gasteiger partial charge on any atom is 0.184 e. The molecule has 16 aromatic carbocycles. The maximum atomic E-state index is 2.74. The van der Waals surface area contributed by atoms with Gasteiger partial charge in [-0.25, -0.2) is 0 Å². The molecule has 21 rings (SSSR count). The fourth-order valence-electron chi connectivity index (χ4n) is 18.9. The number of hydrogen-bond donors (Lipinski definition) is 0. The summed E-state index contributed by atoms with van der Waals surface area (Å²) >= 11 is 0. The predicted molar refractivity (Wildman–Crippen MR) is 442 cm³/mol. The molecule has 0 aliphatic carbocycles. The van der Waals surface area contributed by atoms with E-state index in [0.717, 1.165) is 17.1 Å². The van der Waals surface area contributed by atoms with Crippen molar-refractivity contribution in [2.24, 2.45) is 0 Å². The van der Waals surface area contributed by atoms with Crippen molar-refractivity contribution in [2.75, 3.05) is 4.90 Å². The lowest BCUT2D eigenvalue weighted by molar-refractivity contribution is 1.17. The molecule has 0 amide bonds. The molecule has 5 heterocycles. The van der Waals surface area contributed by atoms with E-state index >= 15 is 0 Å². The van der Waals surface area contributed by atoms with Gasteiger partial charge in [-0.1, -0.05) is 322 Å². The number of hydrogen-bond acceptors (Lipinski definition) is 1. The SMILES string of the molecule is c1ccc([Si](c2ccccc2)(c2ccccc2)c2ccc3c4ccccc4n(-c4ccc5c(c4)N4c6ccccc6[Si](c6cccc(-n7c8ccccc8c8ccccc87)c6)(c6cccc(-n7c8ccccc8c8ccccc87)c6)c6cccc(c64)[Si]5(c4ccccc4)c4ccccc4)c3c2)cc1. The summed E-state index contributed by atoms with van der Waals surface area (Å²) in [6.07, 6.45) is 0. The lowest BCUT2D eigenvalue weighted by Gasteiger charge is -2.52. The standard InChI is InChI=1S/C96H66N4Si3/c1-6-33-70(34-7-1)101(71-35-8-2-9-36-71,72-37-10-3-11-38-72)77-60-61-83-82-49-20-25-54-88(82)99(90(83)66-77)69-59-62-93-91(65-69)100-89-55-26-27-56-92(89)103(75-43-28-31-67(63-75)97-84-50-21-16-45-78(84)79-46-17-22-51-85(79)97,76-44-29-32-68(64-76)98-86-52-23-18-47-80(86)81-48-19-24-53-87(81)98)95-58-30-57-94(96(95)100)102(93,73-39-12-4-13-40-73)74-41-14-5-15-42-74/h1-66H. The number of aromatic nitrogens is 3. The molecule has 0 unspecified atom stereocenters. The number of anilines is 3. The molecule has 0 atom stereocenters. The Kier molecular flexibility index (Phi) is 13.4. The van der Waals surface area contributed by atoms with Crippen LogP contribution in [0.25, 0.3) is 82.5 Å². The highest BCUT2D eigenvalue weighted by atomic mass is 28.3. The number of benzene rings is 16. The Labute approximate surface area is 600 Å². The molecule has 482 valence electrons. The Morgan fingerprint density at radius 2 is 0.524 bits per heavy atom. The summed E-state index contributed by atoms with van der Waals surface area (Å²) < 4.78 is 7.62. The first kappa shape index (κ1) is 59.3. The van der Waals surface area contributed by atoms with Crippen molar-refractivity contribution in [1.29, 1.82) is 0 Å². The second-order valence-electron chi connectivity index (χ2n) is 27.8. The molecule has 0 radical (unpaired) electrons. The monoisotopic (exact) mass is 1360 g/mol. The van der Waals surface area contributed by atoms with E-state index in [2.05, 4.69) is 419 Å². The molecule has 0 fully saturated rings. The zero-order valence-electron chi connectivity index (χ0n) is 56.4. The van der Waals surface area contributed by atoms with Gasteiger partial charge in [0.05, 0.1) is 33.1 Å². The summed E-state index contributed by atoms with van der Waals surface area (Å²) in [5.74, 6) is 0. The van der Waals surface area contributed by atoms with Gasteiger partial charge in [0.2, 0.25) is 0 Å². The fourth-order valence-corrected chi connectivity index (χ4v) is 34.0. The molecule has 19 aromatic rings. The van der Waals surface area contributed by atoms with Gasteiger partial charge >= 0.3 is 0 Å². The highest BCUT2D eigenvalue weighted by molar-refractivity contribution is 7.25. The van der Waals surface area contributed by atoms with Crippen LogP contribution in [0.4, 0.5) is 17.1 Å². The Morgan fingerprint density at radius 3 is 0.981 bits per heavy atom. The van der Waals surface area contributed by atoms with Crippen LogP contribution in [-0.4, -0.2) is 37.9 Å². The summed E-state index contributed by atoms with van der Waals surface area (Å²) in [6, 6.07) is 154. The van der Waals surface area contributed by atoms with Gasteiger partial charge in [0, 0.05) is 66.4 Å². The summed E-state index contributed by atoms with van der Waals surface area (Å²) in [6.45, 7) is 0. The molecule has 3 aromatic heterocycles. The van der Waals surface area contributed by atoms with Crippen molar-refractivity contribution in [2.45, 2.75) is 0 Å². The van der Waals surface area contributed by atoms with Gasteiger partial charge in [0.15, 0.2) is 24.2 Å². The Hall–Kier alpha value is -12.6. The van der Waals surface area contributed by atoms with Crippen LogP contribution in [0.15, 0.2) is 400 Å². The van der Waals surface area contributed by atoms with Crippen LogP contribution in [-0.2, 0) is 0 Å². The van der Waals surface area contributed by atoms with Gasteiger partial charge in [0.25, 0.3) is 0 Å². The topological polar surface area (TPSA) is 18.0 Å². The number of fused-ring (bicyclic) bond motifs is 13. The Morgan fingerprint density at radius 1 is 0.194 bits per heavy atom. The first-order valence-electron chi connectivity index (χ1n) is 35.8. The quantitative estimate of drug-likeness (QED) is 0.0932. The largest absolute Gasteiger partial charge is 0.311 e. The number of rotatable bonds is 11. The van der Waals surface area contributed by atoms with E-state index in [1.807, 2.05) is 0 Å². The average molecular weight is 1360 g/mol. The lowest BCUT2D eigenvalue weighted by atomic mass is 10.1. The number of nitrogens with zero attached hydrogens (tertiary/aromatic N) is 4. The zero-order chi connectivity index (χ0) is 67.8. The minimum atomic E-state index is -3.57. The van der Waals surface area contributed by atoms with E-state index in [4.69, 9.17) is 0 Å². The predicted octanol–water partition coefficient (Wildman–Crippen LogP) is 15.2. The van der Waals surface area contributed by atoms with Gasteiger partial charge < -0.3 is 18.6 Å². The van der Waals surface area contributed by atoms with Crippen LogP contribution < -0.4 is 67.1 Å². The van der Waals surface area contributed by atoms with E-state index in [9.17, 15) is 0 Å². The van der Waals surface area contributed by atoms with Crippen LogP contribution in [0.1, 0.15) is 0 Å². The van der Waals surface area contributed by atoms with Crippen LogP contribution in [0.5, 0.6) is 0 Å². The van der Waals surface area contributed by atoms with Crippen molar-refractivity contribution < 1.29 is 0 Å². The third-order valence-electron chi connectivity index (χ3n) is 22.9. The van der Waals surface area contributed by atoms with Gasteiger partial charge in [-0.2, -0.15) is 0 Å². The van der Waals surface area contributed by atoms with Crippen LogP contribution >= 0.6 is 0 Å². The van der Waals surface area contributed by atoms with Gasteiger partial charge in [-0.05, 0) is 141 Å². The molecule has 2 aliphatic rings. The van der Waals surface area contributed by atoms with Gasteiger partial charge in [-0.15, -0.1) is 0 Å².